The molecule has 5 unspecified atom stereocenters. The van der Waals surface area contributed by atoms with Gasteiger partial charge in [-0.1, -0.05) is 18.1 Å². The minimum atomic E-state index is -0.594. The summed E-state index contributed by atoms with van der Waals surface area (Å²) in [5, 5.41) is 16.2. The number of halogens is 1. The molecule has 0 amide bonds. The summed E-state index contributed by atoms with van der Waals surface area (Å²) in [7, 11) is 0. The first-order valence-corrected chi connectivity index (χ1v) is 16.1. The van der Waals surface area contributed by atoms with Crippen molar-refractivity contribution in [3.05, 3.63) is 47.9 Å². The van der Waals surface area contributed by atoms with Crippen LogP contribution in [0.2, 0.25) is 0 Å². The molecule has 4 aromatic rings. The van der Waals surface area contributed by atoms with Gasteiger partial charge in [0.15, 0.2) is 5.82 Å². The SMILES string of the molecule is C#Cc1cccc2cc(O)cc(-c3ncc4c(N5CC6CCC(C5)N6)nc(OCC56CCCN5CC5COCC56)nc4c3F)c12. The summed E-state index contributed by atoms with van der Waals surface area (Å²) in [6.07, 6.45) is 11.9. The Kier molecular flexibility index (Phi) is 6.21. The van der Waals surface area contributed by atoms with Gasteiger partial charge in [0, 0.05) is 66.3 Å². The average Bonchev–Trinajstić information content (AvgIpc) is 3.81. The van der Waals surface area contributed by atoms with Crippen LogP contribution in [0.3, 0.4) is 0 Å². The number of aromatic nitrogens is 3. The quantitative estimate of drug-likeness (QED) is 0.326. The van der Waals surface area contributed by atoms with E-state index in [1.807, 2.05) is 12.1 Å². The number of ether oxygens (including phenoxy) is 2. The van der Waals surface area contributed by atoms with Gasteiger partial charge in [-0.15, -0.1) is 6.42 Å². The second kappa shape index (κ2) is 10.2. The van der Waals surface area contributed by atoms with E-state index in [1.165, 1.54) is 6.07 Å². The van der Waals surface area contributed by atoms with Crippen LogP contribution in [0, 0.1) is 30.0 Å². The van der Waals surface area contributed by atoms with Gasteiger partial charge in [0.2, 0.25) is 0 Å². The summed E-state index contributed by atoms with van der Waals surface area (Å²) in [6, 6.07) is 9.51. The van der Waals surface area contributed by atoms with Crippen LogP contribution in [0.1, 0.15) is 31.2 Å². The molecule has 2 N–H and O–H groups in total. The normalized spacial score (nSPS) is 28.9. The molecule has 0 saturated carbocycles. The largest absolute Gasteiger partial charge is 0.508 e. The third-order valence-electron chi connectivity index (χ3n) is 11.0. The minimum Gasteiger partial charge on any atom is -0.508 e. The first-order chi connectivity index (χ1) is 22.0. The molecule has 5 atom stereocenters. The number of anilines is 1. The first-order valence-electron chi connectivity index (χ1n) is 16.1. The second-order valence-electron chi connectivity index (χ2n) is 13.4. The highest BCUT2D eigenvalue weighted by Crippen LogP contribution is 2.49. The van der Waals surface area contributed by atoms with E-state index in [0.29, 0.717) is 63.6 Å². The number of phenolic OH excluding ortho intramolecular Hbond substituents is 1. The van der Waals surface area contributed by atoms with E-state index in [9.17, 15) is 5.11 Å². The molecule has 2 bridgehead atoms. The number of benzene rings is 2. The molecule has 45 heavy (non-hydrogen) atoms. The van der Waals surface area contributed by atoms with Crippen LogP contribution >= 0.6 is 0 Å². The fraction of sp³-hybridized carbons (Fsp3) is 0.457. The Morgan fingerprint density at radius 1 is 1.16 bits per heavy atom. The number of aromatic hydroxyl groups is 1. The number of nitrogens with zero attached hydrogens (tertiary/aromatic N) is 5. The number of nitrogens with one attached hydrogen (secondary N) is 1. The fourth-order valence-electron chi connectivity index (χ4n) is 8.97. The van der Waals surface area contributed by atoms with Gasteiger partial charge in [-0.2, -0.15) is 9.97 Å². The standard InChI is InChI=1S/C35H35FN6O3/c1-2-20-5-3-6-21-11-25(43)12-26(29(20)21)31-30(36)32-27(13-37-31)33(41-15-23-7-8-24(16-41)38-23)40-34(39-32)45-19-35-9-4-10-42(35)14-22-17-44-18-28(22)35/h1,3,5-6,11-13,22-24,28,38,43H,4,7-10,14-19H2. The highest BCUT2D eigenvalue weighted by molar-refractivity contribution is 6.02. The average molecular weight is 607 g/mol. The summed E-state index contributed by atoms with van der Waals surface area (Å²) in [5.41, 5.74) is 1.12. The van der Waals surface area contributed by atoms with E-state index in [2.05, 4.69) is 26.0 Å². The Balaban J connectivity index is 1.18. The molecule has 5 fully saturated rings. The van der Waals surface area contributed by atoms with E-state index in [1.54, 1.807) is 18.3 Å². The topological polar surface area (TPSA) is 95.9 Å². The molecule has 0 aliphatic carbocycles. The van der Waals surface area contributed by atoms with E-state index < -0.39 is 5.82 Å². The molecular weight excluding hydrogens is 571 g/mol. The zero-order valence-corrected chi connectivity index (χ0v) is 25.0. The van der Waals surface area contributed by atoms with Crippen LogP contribution in [0.5, 0.6) is 11.8 Å². The van der Waals surface area contributed by atoms with Crippen molar-refractivity contribution in [2.24, 2.45) is 11.8 Å². The van der Waals surface area contributed by atoms with Crippen LogP contribution in [0.15, 0.2) is 36.5 Å². The highest BCUT2D eigenvalue weighted by atomic mass is 19.1. The van der Waals surface area contributed by atoms with Gasteiger partial charge < -0.3 is 24.8 Å². The van der Waals surface area contributed by atoms with Gasteiger partial charge in [0.1, 0.15) is 29.4 Å². The number of pyridine rings is 1. The molecule has 230 valence electrons. The third-order valence-corrected chi connectivity index (χ3v) is 11.0. The lowest BCUT2D eigenvalue weighted by Gasteiger charge is -2.36. The van der Waals surface area contributed by atoms with Crippen LogP contribution in [-0.4, -0.2) is 88.6 Å². The number of piperazine rings is 1. The molecule has 2 aromatic carbocycles. The summed E-state index contributed by atoms with van der Waals surface area (Å²) in [4.78, 5) is 19.1. The molecule has 0 spiro atoms. The van der Waals surface area contributed by atoms with E-state index in [4.69, 9.17) is 25.9 Å². The molecule has 10 heteroatoms. The van der Waals surface area contributed by atoms with Gasteiger partial charge in [0.05, 0.1) is 24.1 Å². The number of hydrogen-bond acceptors (Lipinski definition) is 9. The Morgan fingerprint density at radius 3 is 2.87 bits per heavy atom. The van der Waals surface area contributed by atoms with E-state index in [0.717, 1.165) is 65.1 Å². The number of hydrogen-bond donors (Lipinski definition) is 2. The molecule has 9 rings (SSSR count). The predicted molar refractivity (Wildman–Crippen MR) is 169 cm³/mol. The smallest absolute Gasteiger partial charge is 0.319 e. The zero-order valence-electron chi connectivity index (χ0n) is 25.0. The predicted octanol–water partition coefficient (Wildman–Crippen LogP) is 4.10. The Morgan fingerprint density at radius 2 is 2.02 bits per heavy atom. The summed E-state index contributed by atoms with van der Waals surface area (Å²) >= 11 is 0. The molecule has 9 nitrogen and oxygen atoms in total. The fourth-order valence-corrected chi connectivity index (χ4v) is 8.97. The molecule has 2 aromatic heterocycles. The van der Waals surface area contributed by atoms with Gasteiger partial charge >= 0.3 is 6.01 Å². The molecule has 7 heterocycles. The second-order valence-corrected chi connectivity index (χ2v) is 13.4. The zero-order chi connectivity index (χ0) is 30.3. The van der Waals surface area contributed by atoms with Crippen LogP contribution < -0.4 is 15.0 Å². The Labute approximate surface area is 260 Å². The number of phenols is 1. The third kappa shape index (κ3) is 4.21. The lowest BCUT2D eigenvalue weighted by atomic mass is 9.81. The number of fused-ring (bicyclic) bond motifs is 7. The van der Waals surface area contributed by atoms with Crippen LogP contribution in [0.4, 0.5) is 10.2 Å². The Hall–Kier alpha value is -4.04. The van der Waals surface area contributed by atoms with Crippen molar-refractivity contribution >= 4 is 27.5 Å². The van der Waals surface area contributed by atoms with Crippen LogP contribution in [-0.2, 0) is 4.74 Å². The van der Waals surface area contributed by atoms with Gasteiger partial charge in [-0.25, -0.2) is 4.39 Å². The molecule has 0 radical (unpaired) electrons. The summed E-state index contributed by atoms with van der Waals surface area (Å²) in [6.45, 7) is 5.63. The Bertz CT molecular complexity index is 1880. The van der Waals surface area contributed by atoms with Gasteiger partial charge in [0.25, 0.3) is 0 Å². The number of terminal acetylenes is 1. The van der Waals surface area contributed by atoms with Crippen molar-refractivity contribution in [1.82, 2.24) is 25.2 Å². The molecule has 5 saturated heterocycles. The molecular formula is C35H35FN6O3. The first kappa shape index (κ1) is 27.3. The van der Waals surface area contributed by atoms with Crippen molar-refractivity contribution in [2.45, 2.75) is 43.3 Å². The number of rotatable bonds is 5. The van der Waals surface area contributed by atoms with Crippen molar-refractivity contribution < 1.29 is 19.0 Å². The van der Waals surface area contributed by atoms with E-state index in [-0.39, 0.29) is 28.5 Å². The lowest BCUT2D eigenvalue weighted by Crippen LogP contribution is -2.51. The van der Waals surface area contributed by atoms with Crippen molar-refractivity contribution in [2.75, 3.05) is 50.9 Å². The minimum absolute atomic E-state index is 0.00259. The lowest BCUT2D eigenvalue weighted by molar-refractivity contribution is 0.0496. The van der Waals surface area contributed by atoms with Crippen molar-refractivity contribution in [1.29, 1.82) is 0 Å². The van der Waals surface area contributed by atoms with Gasteiger partial charge in [-0.3, -0.25) is 9.88 Å². The van der Waals surface area contributed by atoms with Crippen LogP contribution in [0.25, 0.3) is 32.9 Å². The summed E-state index contributed by atoms with van der Waals surface area (Å²) < 4.78 is 29.3. The van der Waals surface area contributed by atoms with Crippen molar-refractivity contribution in [3.63, 3.8) is 0 Å². The maximum absolute atomic E-state index is 16.9. The van der Waals surface area contributed by atoms with E-state index >= 15 is 4.39 Å². The molecule has 5 aliphatic heterocycles. The van der Waals surface area contributed by atoms with Crippen molar-refractivity contribution in [3.8, 4) is 35.4 Å². The monoisotopic (exact) mass is 606 g/mol. The maximum Gasteiger partial charge on any atom is 0.319 e. The summed E-state index contributed by atoms with van der Waals surface area (Å²) in [5.74, 6) is 3.70. The maximum atomic E-state index is 16.9. The molecule has 5 aliphatic rings. The highest BCUT2D eigenvalue weighted by Gasteiger charge is 2.58. The van der Waals surface area contributed by atoms with Gasteiger partial charge in [-0.05, 0) is 55.8 Å².